The number of hydrogen-bond acceptors (Lipinski definition) is 5. The van der Waals surface area contributed by atoms with Crippen LogP contribution < -0.4 is 4.90 Å². The van der Waals surface area contributed by atoms with Gasteiger partial charge in [-0.15, -0.1) is 0 Å². The number of nitrogens with zero attached hydrogens (tertiary/aromatic N) is 2. The third-order valence-electron chi connectivity index (χ3n) is 4.77. The number of rotatable bonds is 4. The van der Waals surface area contributed by atoms with Crippen molar-refractivity contribution in [2.24, 2.45) is 5.92 Å². The first-order valence-corrected chi connectivity index (χ1v) is 8.90. The van der Waals surface area contributed by atoms with Gasteiger partial charge in [0.25, 0.3) is 5.91 Å². The molecule has 26 heavy (non-hydrogen) atoms. The number of amides is 2. The summed E-state index contributed by atoms with van der Waals surface area (Å²) >= 11 is 0. The quantitative estimate of drug-likeness (QED) is 0.753. The second-order valence-corrected chi connectivity index (χ2v) is 6.76. The summed E-state index contributed by atoms with van der Waals surface area (Å²) in [6, 6.07) is 7.59. The molecule has 3 rings (SSSR count). The van der Waals surface area contributed by atoms with Crippen LogP contribution in [0.4, 0.5) is 5.69 Å². The van der Waals surface area contributed by atoms with Crippen LogP contribution in [-0.4, -0.2) is 61.6 Å². The fraction of sp³-hybridized carbons (Fsp3) is 0.526. The highest BCUT2D eigenvalue weighted by molar-refractivity contribution is 5.99. The van der Waals surface area contributed by atoms with Gasteiger partial charge in [0, 0.05) is 31.7 Å². The van der Waals surface area contributed by atoms with Gasteiger partial charge < -0.3 is 19.3 Å². The van der Waals surface area contributed by atoms with Gasteiger partial charge >= 0.3 is 5.97 Å². The highest BCUT2D eigenvalue weighted by Crippen LogP contribution is 2.26. The van der Waals surface area contributed by atoms with E-state index < -0.39 is 18.0 Å². The number of esters is 1. The lowest BCUT2D eigenvalue weighted by Gasteiger charge is -2.29. The van der Waals surface area contributed by atoms with E-state index in [0.29, 0.717) is 26.3 Å². The molecule has 1 aromatic rings. The van der Waals surface area contributed by atoms with Gasteiger partial charge in [-0.05, 0) is 26.0 Å². The summed E-state index contributed by atoms with van der Waals surface area (Å²) in [6.45, 7) is 5.82. The third-order valence-corrected chi connectivity index (χ3v) is 4.77. The number of morpholine rings is 1. The minimum absolute atomic E-state index is 0.102. The number of hydrogen-bond donors (Lipinski definition) is 0. The molecule has 0 aromatic heterocycles. The van der Waals surface area contributed by atoms with Gasteiger partial charge in [0.1, 0.15) is 0 Å². The molecule has 0 radical (unpaired) electrons. The molecule has 0 N–H and O–H groups in total. The maximum Gasteiger partial charge on any atom is 0.312 e. The zero-order chi connectivity index (χ0) is 18.7. The Morgan fingerprint density at radius 2 is 1.85 bits per heavy atom. The highest BCUT2D eigenvalue weighted by atomic mass is 16.5. The number of carbonyl (C=O) groups excluding carboxylic acids is 3. The zero-order valence-corrected chi connectivity index (χ0v) is 15.1. The molecule has 0 unspecified atom stereocenters. The van der Waals surface area contributed by atoms with Crippen LogP contribution in [0.1, 0.15) is 18.9 Å². The first kappa shape index (κ1) is 18.4. The molecule has 140 valence electrons. The smallest absolute Gasteiger partial charge is 0.312 e. The monoisotopic (exact) mass is 360 g/mol. The van der Waals surface area contributed by atoms with Gasteiger partial charge in [-0.2, -0.15) is 0 Å². The van der Waals surface area contributed by atoms with E-state index >= 15 is 0 Å². The fourth-order valence-corrected chi connectivity index (χ4v) is 3.20. The summed E-state index contributed by atoms with van der Waals surface area (Å²) in [4.78, 5) is 40.3. The summed E-state index contributed by atoms with van der Waals surface area (Å²) in [5.41, 5.74) is 1.88. The minimum Gasteiger partial charge on any atom is -0.452 e. The largest absolute Gasteiger partial charge is 0.452 e. The lowest BCUT2D eigenvalue weighted by molar-refractivity contribution is -0.163. The van der Waals surface area contributed by atoms with Crippen LogP contribution in [0.25, 0.3) is 0 Å². The predicted molar refractivity (Wildman–Crippen MR) is 94.6 cm³/mol. The van der Waals surface area contributed by atoms with E-state index in [2.05, 4.69) is 0 Å². The molecule has 2 fully saturated rings. The van der Waals surface area contributed by atoms with Gasteiger partial charge in [0.2, 0.25) is 5.91 Å². The molecule has 0 bridgehead atoms. The molecule has 0 saturated carbocycles. The molecule has 2 heterocycles. The van der Waals surface area contributed by atoms with Gasteiger partial charge in [-0.3, -0.25) is 14.4 Å². The predicted octanol–water partition coefficient (Wildman–Crippen LogP) is 1.14. The molecule has 0 aliphatic carbocycles. The van der Waals surface area contributed by atoms with E-state index in [1.807, 2.05) is 31.2 Å². The summed E-state index contributed by atoms with van der Waals surface area (Å²) in [7, 11) is 0. The van der Waals surface area contributed by atoms with Gasteiger partial charge in [-0.1, -0.05) is 17.7 Å². The summed E-state index contributed by atoms with van der Waals surface area (Å²) in [5.74, 6) is -1.38. The Hall–Kier alpha value is -2.41. The average molecular weight is 360 g/mol. The second-order valence-electron chi connectivity index (χ2n) is 6.76. The molecule has 2 atom stereocenters. The average Bonchev–Trinajstić information content (AvgIpc) is 3.04. The van der Waals surface area contributed by atoms with E-state index in [9.17, 15) is 14.4 Å². The van der Waals surface area contributed by atoms with Crippen LogP contribution in [0.15, 0.2) is 24.3 Å². The molecule has 7 nitrogen and oxygen atoms in total. The molecule has 2 aliphatic heterocycles. The third kappa shape index (κ3) is 4.04. The Kier molecular flexibility index (Phi) is 5.56. The highest BCUT2D eigenvalue weighted by Gasteiger charge is 2.37. The number of anilines is 1. The Morgan fingerprint density at radius 3 is 2.50 bits per heavy atom. The molecule has 7 heteroatoms. The van der Waals surface area contributed by atoms with Crippen molar-refractivity contribution in [2.45, 2.75) is 26.4 Å². The van der Waals surface area contributed by atoms with Crippen molar-refractivity contribution in [3.05, 3.63) is 29.8 Å². The number of carbonyl (C=O) groups is 3. The lowest BCUT2D eigenvalue weighted by atomic mass is 10.1. The Balaban J connectivity index is 1.57. The van der Waals surface area contributed by atoms with Crippen LogP contribution in [0.2, 0.25) is 0 Å². The standard InChI is InChI=1S/C19H24N2O5/c1-13-3-5-16(6-4-13)21-12-15(11-17(21)22)19(24)26-14(2)18(23)20-7-9-25-10-8-20/h3-6,14-15H,7-12H2,1-2H3/t14-,15+/m0/s1. The molecular formula is C19H24N2O5. The first-order chi connectivity index (χ1) is 12.5. The van der Waals surface area contributed by atoms with Crippen LogP contribution in [0.3, 0.4) is 0 Å². The van der Waals surface area contributed by atoms with Crippen LogP contribution in [-0.2, 0) is 23.9 Å². The van der Waals surface area contributed by atoms with Crippen molar-refractivity contribution in [3.8, 4) is 0 Å². The van der Waals surface area contributed by atoms with Crippen molar-refractivity contribution in [2.75, 3.05) is 37.7 Å². The van der Waals surface area contributed by atoms with E-state index in [1.54, 1.807) is 16.7 Å². The van der Waals surface area contributed by atoms with Gasteiger partial charge in [-0.25, -0.2) is 0 Å². The fourth-order valence-electron chi connectivity index (χ4n) is 3.20. The number of ether oxygens (including phenoxy) is 2. The van der Waals surface area contributed by atoms with Crippen molar-refractivity contribution in [1.82, 2.24) is 4.90 Å². The van der Waals surface area contributed by atoms with Crippen molar-refractivity contribution >= 4 is 23.5 Å². The summed E-state index contributed by atoms with van der Waals surface area (Å²) < 4.78 is 10.6. The van der Waals surface area contributed by atoms with Crippen molar-refractivity contribution < 1.29 is 23.9 Å². The van der Waals surface area contributed by atoms with Crippen LogP contribution >= 0.6 is 0 Å². The first-order valence-electron chi connectivity index (χ1n) is 8.90. The van der Waals surface area contributed by atoms with Gasteiger partial charge in [0.05, 0.1) is 19.1 Å². The summed E-state index contributed by atoms with van der Waals surface area (Å²) in [5, 5.41) is 0. The van der Waals surface area contributed by atoms with Crippen LogP contribution in [0, 0.1) is 12.8 Å². The van der Waals surface area contributed by atoms with E-state index in [4.69, 9.17) is 9.47 Å². The number of aryl methyl sites for hydroxylation is 1. The molecule has 2 amide bonds. The van der Waals surface area contributed by atoms with Crippen molar-refractivity contribution in [3.63, 3.8) is 0 Å². The van der Waals surface area contributed by atoms with E-state index in [1.165, 1.54) is 0 Å². The maximum absolute atomic E-state index is 12.4. The van der Waals surface area contributed by atoms with E-state index in [-0.39, 0.29) is 24.8 Å². The Labute approximate surface area is 152 Å². The molecule has 2 aliphatic rings. The second kappa shape index (κ2) is 7.86. The minimum atomic E-state index is -0.857. The molecular weight excluding hydrogens is 336 g/mol. The normalized spacial score (nSPS) is 21.6. The van der Waals surface area contributed by atoms with Crippen molar-refractivity contribution in [1.29, 1.82) is 0 Å². The summed E-state index contributed by atoms with van der Waals surface area (Å²) in [6.07, 6.45) is -0.755. The van der Waals surface area contributed by atoms with Crippen LogP contribution in [0.5, 0.6) is 0 Å². The Bertz CT molecular complexity index is 682. The molecule has 2 saturated heterocycles. The Morgan fingerprint density at radius 1 is 1.19 bits per heavy atom. The lowest BCUT2D eigenvalue weighted by Crippen LogP contribution is -2.46. The molecule has 0 spiro atoms. The maximum atomic E-state index is 12.4. The number of benzene rings is 1. The van der Waals surface area contributed by atoms with Gasteiger partial charge in [0.15, 0.2) is 6.10 Å². The van der Waals surface area contributed by atoms with E-state index in [0.717, 1.165) is 11.3 Å². The molecule has 1 aromatic carbocycles. The topological polar surface area (TPSA) is 76.2 Å². The zero-order valence-electron chi connectivity index (χ0n) is 15.1. The SMILES string of the molecule is Cc1ccc(N2C[C@H](C(=O)O[C@@H](C)C(=O)N3CCOCC3)CC2=O)cc1.